The van der Waals surface area contributed by atoms with Crippen molar-refractivity contribution >= 4 is 11.9 Å². The van der Waals surface area contributed by atoms with E-state index in [1.54, 1.807) is 0 Å². The number of aliphatic carboxylic acids is 1. The Hall–Kier alpha value is -1.84. The average molecular weight is 261 g/mol. The summed E-state index contributed by atoms with van der Waals surface area (Å²) in [4.78, 5) is 22.9. The highest BCUT2D eigenvalue weighted by Gasteiger charge is 2.27. The quantitative estimate of drug-likeness (QED) is 0.871. The van der Waals surface area contributed by atoms with Gasteiger partial charge in [-0.3, -0.25) is 9.59 Å². The zero-order chi connectivity index (χ0) is 13.7. The molecule has 2 N–H and O–H groups in total. The third-order valence-corrected chi connectivity index (χ3v) is 3.60. The highest BCUT2D eigenvalue weighted by atomic mass is 16.4. The molecule has 0 radical (unpaired) electrons. The van der Waals surface area contributed by atoms with Gasteiger partial charge in [0.1, 0.15) is 0 Å². The molecule has 0 heterocycles. The van der Waals surface area contributed by atoms with Crippen molar-refractivity contribution in [2.24, 2.45) is 5.92 Å². The molecule has 2 rings (SSSR count). The minimum absolute atomic E-state index is 0.00561. The van der Waals surface area contributed by atoms with Crippen LogP contribution in [0.25, 0.3) is 0 Å². The number of nitrogens with one attached hydrogen (secondary N) is 1. The van der Waals surface area contributed by atoms with Crippen molar-refractivity contribution in [1.82, 2.24) is 5.32 Å². The molecule has 1 fully saturated rings. The zero-order valence-corrected chi connectivity index (χ0v) is 10.8. The highest BCUT2D eigenvalue weighted by molar-refractivity contribution is 5.79. The number of hydrogen-bond acceptors (Lipinski definition) is 2. The van der Waals surface area contributed by atoms with Gasteiger partial charge < -0.3 is 10.4 Å². The van der Waals surface area contributed by atoms with Gasteiger partial charge >= 0.3 is 5.97 Å². The lowest BCUT2D eigenvalue weighted by Gasteiger charge is -2.27. The van der Waals surface area contributed by atoms with Crippen LogP contribution in [0.4, 0.5) is 0 Å². The standard InChI is InChI=1S/C15H19NO3/c17-14(9-11-5-2-1-3-6-11)16-13-8-4-7-12(10-13)15(18)19/h1-3,5-6,12-13H,4,7-10H2,(H,16,17)(H,18,19). The molecule has 1 aromatic carbocycles. The minimum atomic E-state index is -0.748. The van der Waals surface area contributed by atoms with E-state index in [1.807, 2.05) is 30.3 Å². The maximum Gasteiger partial charge on any atom is 0.306 e. The molecule has 0 aromatic heterocycles. The Morgan fingerprint density at radius 1 is 1.21 bits per heavy atom. The minimum Gasteiger partial charge on any atom is -0.481 e. The second-order valence-electron chi connectivity index (χ2n) is 5.13. The second kappa shape index (κ2) is 6.36. The first-order valence-corrected chi connectivity index (χ1v) is 6.71. The molecule has 1 aliphatic carbocycles. The van der Waals surface area contributed by atoms with Crippen LogP contribution in [0.15, 0.2) is 30.3 Å². The first kappa shape index (κ1) is 13.6. The Balaban J connectivity index is 1.83. The van der Waals surface area contributed by atoms with Gasteiger partial charge in [-0.1, -0.05) is 36.8 Å². The monoisotopic (exact) mass is 261 g/mol. The van der Waals surface area contributed by atoms with Crippen LogP contribution in [0.2, 0.25) is 0 Å². The molecule has 1 amide bonds. The summed E-state index contributed by atoms with van der Waals surface area (Å²) in [5.74, 6) is -1.08. The van der Waals surface area contributed by atoms with Crippen LogP contribution in [-0.4, -0.2) is 23.0 Å². The topological polar surface area (TPSA) is 66.4 Å². The maximum absolute atomic E-state index is 11.9. The van der Waals surface area contributed by atoms with E-state index in [1.165, 1.54) is 0 Å². The lowest BCUT2D eigenvalue weighted by molar-refractivity contribution is -0.143. The van der Waals surface area contributed by atoms with Gasteiger partial charge in [-0.2, -0.15) is 0 Å². The summed E-state index contributed by atoms with van der Waals surface area (Å²) < 4.78 is 0. The van der Waals surface area contributed by atoms with Crippen LogP contribution < -0.4 is 5.32 Å². The largest absolute Gasteiger partial charge is 0.481 e. The molecule has 1 aromatic rings. The first-order valence-electron chi connectivity index (χ1n) is 6.71. The van der Waals surface area contributed by atoms with Gasteiger partial charge in [-0.15, -0.1) is 0 Å². The van der Waals surface area contributed by atoms with E-state index < -0.39 is 5.97 Å². The molecule has 1 saturated carbocycles. The normalized spacial score (nSPS) is 22.7. The molecule has 4 nitrogen and oxygen atoms in total. The number of rotatable bonds is 4. The van der Waals surface area contributed by atoms with Crippen molar-refractivity contribution in [2.75, 3.05) is 0 Å². The maximum atomic E-state index is 11.9. The molecule has 0 spiro atoms. The number of carboxylic acids is 1. The molecular weight excluding hydrogens is 242 g/mol. The predicted molar refractivity (Wildman–Crippen MR) is 71.7 cm³/mol. The van der Waals surface area contributed by atoms with Crippen molar-refractivity contribution in [3.8, 4) is 0 Å². The lowest BCUT2D eigenvalue weighted by Crippen LogP contribution is -2.40. The Kier molecular flexibility index (Phi) is 4.55. The smallest absolute Gasteiger partial charge is 0.306 e. The summed E-state index contributed by atoms with van der Waals surface area (Å²) in [6.45, 7) is 0. The number of carbonyl (C=O) groups excluding carboxylic acids is 1. The fourth-order valence-electron chi connectivity index (χ4n) is 2.61. The fraction of sp³-hybridized carbons (Fsp3) is 0.467. The van der Waals surface area contributed by atoms with E-state index in [0.29, 0.717) is 12.8 Å². The van der Waals surface area contributed by atoms with Gasteiger partial charge in [-0.05, 0) is 24.8 Å². The molecule has 2 atom stereocenters. The molecule has 19 heavy (non-hydrogen) atoms. The summed E-state index contributed by atoms with van der Waals surface area (Å²) in [6, 6.07) is 9.57. The number of carbonyl (C=O) groups is 2. The van der Waals surface area contributed by atoms with Crippen LogP contribution in [-0.2, 0) is 16.0 Å². The third kappa shape index (κ3) is 4.09. The zero-order valence-electron chi connectivity index (χ0n) is 10.8. The van der Waals surface area contributed by atoms with Crippen LogP contribution in [0, 0.1) is 5.92 Å². The SMILES string of the molecule is O=C(Cc1ccccc1)NC1CCCC(C(=O)O)C1. The van der Waals surface area contributed by atoms with E-state index in [2.05, 4.69) is 5.32 Å². The van der Waals surface area contributed by atoms with E-state index in [9.17, 15) is 9.59 Å². The second-order valence-corrected chi connectivity index (χ2v) is 5.13. The summed E-state index contributed by atoms with van der Waals surface area (Å²) in [5, 5.41) is 12.0. The summed E-state index contributed by atoms with van der Waals surface area (Å²) >= 11 is 0. The van der Waals surface area contributed by atoms with Crippen LogP contribution >= 0.6 is 0 Å². The fourth-order valence-corrected chi connectivity index (χ4v) is 2.61. The van der Waals surface area contributed by atoms with Gasteiger partial charge in [0.25, 0.3) is 0 Å². The van der Waals surface area contributed by atoms with Crippen molar-refractivity contribution in [3.05, 3.63) is 35.9 Å². The highest BCUT2D eigenvalue weighted by Crippen LogP contribution is 2.24. The third-order valence-electron chi connectivity index (χ3n) is 3.60. The van der Waals surface area contributed by atoms with Gasteiger partial charge in [0.15, 0.2) is 0 Å². The molecule has 4 heteroatoms. The molecule has 0 bridgehead atoms. The number of hydrogen-bond donors (Lipinski definition) is 2. The van der Waals surface area contributed by atoms with Crippen molar-refractivity contribution in [3.63, 3.8) is 0 Å². The summed E-state index contributed by atoms with van der Waals surface area (Å²) in [6.07, 6.45) is 3.38. The predicted octanol–water partition coefficient (Wildman–Crippen LogP) is 1.99. The molecule has 2 unspecified atom stereocenters. The Morgan fingerprint density at radius 2 is 1.95 bits per heavy atom. The molecular formula is C15H19NO3. The number of benzene rings is 1. The van der Waals surface area contributed by atoms with Crippen LogP contribution in [0.5, 0.6) is 0 Å². The lowest BCUT2D eigenvalue weighted by atomic mass is 9.85. The molecule has 0 saturated heterocycles. The first-order chi connectivity index (χ1) is 9.15. The van der Waals surface area contributed by atoms with Gasteiger partial charge in [0, 0.05) is 6.04 Å². The summed E-state index contributed by atoms with van der Waals surface area (Å²) in [7, 11) is 0. The van der Waals surface area contributed by atoms with E-state index in [-0.39, 0.29) is 17.9 Å². The van der Waals surface area contributed by atoms with Gasteiger partial charge in [0.2, 0.25) is 5.91 Å². The van der Waals surface area contributed by atoms with E-state index >= 15 is 0 Å². The summed E-state index contributed by atoms with van der Waals surface area (Å²) in [5.41, 5.74) is 0.977. The van der Waals surface area contributed by atoms with Gasteiger partial charge in [-0.25, -0.2) is 0 Å². The van der Waals surface area contributed by atoms with E-state index in [4.69, 9.17) is 5.11 Å². The van der Waals surface area contributed by atoms with Crippen LogP contribution in [0.1, 0.15) is 31.2 Å². The molecule has 102 valence electrons. The number of carboxylic acid groups (broad SMARTS) is 1. The Bertz CT molecular complexity index is 444. The van der Waals surface area contributed by atoms with Crippen molar-refractivity contribution < 1.29 is 14.7 Å². The van der Waals surface area contributed by atoms with Crippen molar-refractivity contribution in [2.45, 2.75) is 38.1 Å². The Labute approximate surface area is 112 Å². The Morgan fingerprint density at radius 3 is 2.63 bits per heavy atom. The molecule has 0 aliphatic heterocycles. The average Bonchev–Trinajstić information content (AvgIpc) is 2.40. The van der Waals surface area contributed by atoms with E-state index in [0.717, 1.165) is 24.8 Å². The molecule has 1 aliphatic rings. The van der Waals surface area contributed by atoms with Gasteiger partial charge in [0.05, 0.1) is 12.3 Å². The number of amides is 1. The van der Waals surface area contributed by atoms with Crippen LogP contribution in [0.3, 0.4) is 0 Å². The van der Waals surface area contributed by atoms with Crippen molar-refractivity contribution in [1.29, 1.82) is 0 Å².